The van der Waals surface area contributed by atoms with E-state index in [-0.39, 0.29) is 37.8 Å². The number of ketones is 3. The molecule has 3 aliphatic carbocycles. The molecular weight excluding hydrogens is 1250 g/mol. The van der Waals surface area contributed by atoms with Crippen molar-refractivity contribution in [2.24, 2.45) is 0 Å². The van der Waals surface area contributed by atoms with Crippen LogP contribution in [0.15, 0.2) is 189 Å². The van der Waals surface area contributed by atoms with Crippen LogP contribution in [0.1, 0.15) is 75.5 Å². The van der Waals surface area contributed by atoms with E-state index in [1.54, 1.807) is 0 Å². The second-order valence-electron chi connectivity index (χ2n) is 17.3. The summed E-state index contributed by atoms with van der Waals surface area (Å²) >= 11 is 12.5. The summed E-state index contributed by atoms with van der Waals surface area (Å²) in [4.78, 5) is 37.7. The van der Waals surface area contributed by atoms with Crippen LogP contribution in [0.2, 0.25) is 0 Å². The van der Waals surface area contributed by atoms with Crippen molar-refractivity contribution >= 4 is 100 Å². The maximum absolute atomic E-state index is 12.9. The van der Waals surface area contributed by atoms with Gasteiger partial charge in [-0.25, -0.2) is 0 Å². The zero-order valence-electron chi connectivity index (χ0n) is 37.2. The Kier molecular flexibility index (Phi) is 15.1. The van der Waals surface area contributed by atoms with Crippen LogP contribution < -0.4 is 5.46 Å². The minimum atomic E-state index is -0.520. The van der Waals surface area contributed by atoms with E-state index >= 15 is 0 Å². The molecule has 0 unspecified atom stereocenters. The fourth-order valence-electron chi connectivity index (χ4n) is 8.67. The molecule has 1 fully saturated rings. The van der Waals surface area contributed by atoms with Gasteiger partial charge in [0.2, 0.25) is 0 Å². The molecule has 0 spiro atoms. The molecule has 1 saturated heterocycles. The average molecular weight is 1290 g/mol. The normalized spacial score (nSPS) is 14.5. The fraction of sp³-hybridized carbons (Fsp3) is 0.105. The van der Waals surface area contributed by atoms with E-state index in [4.69, 9.17) is 9.31 Å². The molecule has 0 radical (unpaired) electrons. The zero-order valence-corrected chi connectivity index (χ0v) is 45.7. The molecule has 12 rings (SSSR count). The number of fused-ring (bicyclic) bond motifs is 9. The van der Waals surface area contributed by atoms with E-state index in [0.717, 1.165) is 91.2 Å². The molecule has 1 aliphatic heterocycles. The van der Waals surface area contributed by atoms with E-state index in [2.05, 4.69) is 82.5 Å². The van der Waals surface area contributed by atoms with Gasteiger partial charge in [0, 0.05) is 70.8 Å². The number of rotatable bonds is 2. The molecule has 5 nitrogen and oxygen atoms in total. The number of carbonyl (C=O) groups is 3. The van der Waals surface area contributed by atoms with Gasteiger partial charge >= 0.3 is 7.12 Å². The molecule has 4 aliphatic rings. The van der Waals surface area contributed by atoms with Crippen molar-refractivity contribution in [3.05, 3.63) is 226 Å². The molecule has 0 saturated carbocycles. The molecule has 0 atom stereocenters. The number of hydrogen-bond donors (Lipinski definition) is 0. The third-order valence-electron chi connectivity index (χ3n) is 12.7. The zero-order chi connectivity index (χ0) is 47.2. The van der Waals surface area contributed by atoms with Gasteiger partial charge < -0.3 is 9.31 Å². The fourth-order valence-corrected chi connectivity index (χ4v) is 10.1. The number of halogens is 4. The Morgan fingerprint density at radius 3 is 1.24 bits per heavy atom. The largest absolute Gasteiger partial charge is 0.495 e. The van der Waals surface area contributed by atoms with Crippen LogP contribution in [0.5, 0.6) is 0 Å². The van der Waals surface area contributed by atoms with Crippen LogP contribution in [-0.4, -0.2) is 35.7 Å². The molecule has 1 heterocycles. The van der Waals surface area contributed by atoms with Gasteiger partial charge in [-0.2, -0.15) is 0 Å². The first kappa shape index (κ1) is 50.0. The summed E-state index contributed by atoms with van der Waals surface area (Å²) in [5.41, 5.74) is 12.8. The van der Waals surface area contributed by atoms with Gasteiger partial charge in [-0.1, -0.05) is 181 Å². The molecule has 0 N–H and O–H groups in total. The van der Waals surface area contributed by atoms with Crippen LogP contribution in [0.4, 0.5) is 0 Å². The second-order valence-corrected chi connectivity index (χ2v) is 21.2. The molecular formula is C57H41BBr3IO5Pd. The number of benzene rings is 8. The van der Waals surface area contributed by atoms with E-state index in [1.165, 1.54) is 3.57 Å². The van der Waals surface area contributed by atoms with Crippen molar-refractivity contribution in [1.29, 1.82) is 0 Å². The molecule has 68 heavy (non-hydrogen) atoms. The predicted molar refractivity (Wildman–Crippen MR) is 289 cm³/mol. The van der Waals surface area contributed by atoms with Crippen LogP contribution >= 0.6 is 70.4 Å². The van der Waals surface area contributed by atoms with Crippen LogP contribution in [-0.2, 0) is 29.7 Å². The Hall–Kier alpha value is -4.41. The Balaban J connectivity index is 0.000000129. The Labute approximate surface area is 449 Å². The molecule has 8 aromatic rings. The predicted octanol–water partition coefficient (Wildman–Crippen LogP) is 15.2. The first-order valence-corrected chi connectivity index (χ1v) is 25.1. The monoisotopic (exact) mass is 1290 g/mol. The summed E-state index contributed by atoms with van der Waals surface area (Å²) in [6.07, 6.45) is 0. The average Bonchev–Trinajstić information content (AvgIpc) is 3.98. The summed E-state index contributed by atoms with van der Waals surface area (Å²) < 4.78 is 16.6. The first-order valence-electron chi connectivity index (χ1n) is 21.6. The smallest absolute Gasteiger partial charge is 0.399 e. The van der Waals surface area contributed by atoms with E-state index in [1.807, 2.05) is 191 Å². The first-order chi connectivity index (χ1) is 32.1. The third kappa shape index (κ3) is 9.58. The minimum Gasteiger partial charge on any atom is -0.399 e. The van der Waals surface area contributed by atoms with Crippen LogP contribution in [0.3, 0.4) is 0 Å². The molecule has 340 valence electrons. The van der Waals surface area contributed by atoms with Gasteiger partial charge in [0.25, 0.3) is 0 Å². The van der Waals surface area contributed by atoms with Crippen LogP contribution in [0.25, 0.3) is 44.5 Å². The Bertz CT molecular complexity index is 3230. The van der Waals surface area contributed by atoms with Gasteiger partial charge in [0.05, 0.1) is 11.2 Å². The Morgan fingerprint density at radius 1 is 0.397 bits per heavy atom. The van der Waals surface area contributed by atoms with E-state index in [9.17, 15) is 14.4 Å². The standard InChI is InChI=1S/C19H19BO3.C19H11BrO.C13H7BrO.C6H4BrI.Pd/c1-18(2)19(3,4)23-20(22-18)15-11-7-10-13-12-8-5-6-9-14(12)17(21)16(13)15;20-13-10-8-12(9-11-13)14-6-3-7-16-15-4-1-2-5-17(15)19(21)18(14)16;14-11-7-3-6-9-8-4-1-2-5-10(8)13(15)12(9)11;7-5-1-3-6(8)4-2-5;/h5-11H,1-4H3;1-11H;1-7H;1-4H;. The van der Waals surface area contributed by atoms with Gasteiger partial charge in [0.1, 0.15) is 0 Å². The summed E-state index contributed by atoms with van der Waals surface area (Å²) in [7, 11) is -0.520. The van der Waals surface area contributed by atoms with Crippen molar-refractivity contribution in [3.63, 3.8) is 0 Å². The Morgan fingerprint density at radius 2 is 0.750 bits per heavy atom. The van der Waals surface area contributed by atoms with Crippen molar-refractivity contribution in [2.45, 2.75) is 38.9 Å². The summed E-state index contributed by atoms with van der Waals surface area (Å²) in [5, 5.41) is 0. The third-order valence-corrected chi connectivity index (χ3v) is 15.1. The quantitative estimate of drug-likeness (QED) is 0.127. The van der Waals surface area contributed by atoms with E-state index < -0.39 is 18.3 Å². The summed E-state index contributed by atoms with van der Waals surface area (Å²) in [5.74, 6) is 0.299. The molecule has 0 aromatic heterocycles. The van der Waals surface area contributed by atoms with Crippen molar-refractivity contribution < 1.29 is 44.1 Å². The summed E-state index contributed by atoms with van der Waals surface area (Å²) in [6.45, 7) is 8.08. The number of carbonyl (C=O) groups excluding carboxylic acids is 3. The van der Waals surface area contributed by atoms with Gasteiger partial charge in [-0.3, -0.25) is 14.4 Å². The minimum absolute atomic E-state index is 0. The maximum atomic E-state index is 12.9. The van der Waals surface area contributed by atoms with Crippen LogP contribution in [0, 0.1) is 3.57 Å². The second kappa shape index (κ2) is 20.5. The molecule has 8 aromatic carbocycles. The van der Waals surface area contributed by atoms with Crippen molar-refractivity contribution in [2.75, 3.05) is 0 Å². The van der Waals surface area contributed by atoms with Gasteiger partial charge in [-0.15, -0.1) is 0 Å². The summed E-state index contributed by atoms with van der Waals surface area (Å²) in [6, 6.07) is 57.4. The topological polar surface area (TPSA) is 69.7 Å². The molecule has 0 amide bonds. The SMILES string of the molecule is Brc1ccc(I)cc1.CC1(C)OB(c2cccc3c2C(=O)c2ccccc2-3)OC1(C)C.O=C1c2ccccc2-c2cccc(-c3ccc(Br)cc3)c21.O=C1c2ccccc2-c2cccc(Br)c21.[Pd]. The maximum Gasteiger partial charge on any atom is 0.495 e. The van der Waals surface area contributed by atoms with Gasteiger partial charge in [0.15, 0.2) is 17.3 Å². The molecule has 11 heteroatoms. The van der Waals surface area contributed by atoms with Gasteiger partial charge in [-0.05, 0) is 143 Å². The number of hydrogen-bond acceptors (Lipinski definition) is 5. The van der Waals surface area contributed by atoms with Crippen molar-refractivity contribution in [1.82, 2.24) is 0 Å². The van der Waals surface area contributed by atoms with E-state index in [0.29, 0.717) is 5.56 Å². The van der Waals surface area contributed by atoms with Crippen molar-refractivity contribution in [3.8, 4) is 44.5 Å². The molecule has 0 bridgehead atoms.